The van der Waals surface area contributed by atoms with E-state index < -0.39 is 0 Å². The second-order valence-corrected chi connectivity index (χ2v) is 4.00. The summed E-state index contributed by atoms with van der Waals surface area (Å²) < 4.78 is 0. The summed E-state index contributed by atoms with van der Waals surface area (Å²) in [6, 6.07) is 10.7. The van der Waals surface area contributed by atoms with E-state index in [4.69, 9.17) is 0 Å². The highest BCUT2D eigenvalue weighted by Crippen LogP contribution is 2.06. The molecule has 1 unspecified atom stereocenters. The Bertz CT molecular complexity index is 231. The second-order valence-electron chi connectivity index (χ2n) is 4.00. The second kappa shape index (κ2) is 16.2. The lowest BCUT2D eigenvalue weighted by molar-refractivity contribution is 0.511. The Labute approximate surface area is 115 Å². The molecule has 0 aliphatic carbocycles. The lowest BCUT2D eigenvalue weighted by atomic mass is 10.0. The quantitative estimate of drug-likeness (QED) is 0.708. The zero-order valence-electron chi connectivity index (χ0n) is 13.3. The summed E-state index contributed by atoms with van der Waals surface area (Å²) in [5.41, 5.74) is 1.44. The van der Waals surface area contributed by atoms with Gasteiger partial charge < -0.3 is 5.32 Å². The molecule has 106 valence electrons. The van der Waals surface area contributed by atoms with Gasteiger partial charge in [0.25, 0.3) is 0 Å². The Hall–Kier alpha value is -0.820. The molecule has 0 spiro atoms. The van der Waals surface area contributed by atoms with Gasteiger partial charge in [-0.15, -0.1) is 0 Å². The highest BCUT2D eigenvalue weighted by molar-refractivity contribution is 5.15. The number of hydrogen-bond donors (Lipinski definition) is 1. The Morgan fingerprint density at radius 3 is 2.06 bits per heavy atom. The first-order valence-corrected chi connectivity index (χ1v) is 7.57. The summed E-state index contributed by atoms with van der Waals surface area (Å²) in [6.07, 6.45) is 2.40. The van der Waals surface area contributed by atoms with Crippen LogP contribution in [0.3, 0.4) is 0 Å². The summed E-state index contributed by atoms with van der Waals surface area (Å²) >= 11 is 0. The van der Waals surface area contributed by atoms with Gasteiger partial charge in [0.05, 0.1) is 0 Å². The predicted octanol–water partition coefficient (Wildman–Crippen LogP) is 4.92. The van der Waals surface area contributed by atoms with E-state index in [1.807, 2.05) is 27.7 Å². The van der Waals surface area contributed by atoms with Crippen molar-refractivity contribution in [2.75, 3.05) is 13.1 Å². The van der Waals surface area contributed by atoms with Gasteiger partial charge in [0.15, 0.2) is 0 Å². The summed E-state index contributed by atoms with van der Waals surface area (Å²) in [5.74, 6) is 0.726. The molecule has 0 saturated heterocycles. The SMILES string of the molecule is CC.CC.CCCNCC(C)Cc1ccccc1. The molecule has 0 aliphatic heterocycles. The summed E-state index contributed by atoms with van der Waals surface area (Å²) in [7, 11) is 0. The van der Waals surface area contributed by atoms with Gasteiger partial charge in [-0.05, 0) is 37.4 Å². The molecule has 1 aromatic carbocycles. The standard InChI is InChI=1S/C13H21N.2C2H6/c1-3-9-14-11-12(2)10-13-7-5-4-6-8-13;2*1-2/h4-8,12,14H,3,9-11H2,1-2H3;2*1-2H3. The summed E-state index contributed by atoms with van der Waals surface area (Å²) in [4.78, 5) is 0. The number of benzene rings is 1. The van der Waals surface area contributed by atoms with Crippen molar-refractivity contribution in [2.45, 2.75) is 54.4 Å². The van der Waals surface area contributed by atoms with Gasteiger partial charge in [0.1, 0.15) is 0 Å². The molecule has 1 heteroatoms. The maximum atomic E-state index is 3.46. The third kappa shape index (κ3) is 11.7. The third-order valence-electron chi connectivity index (χ3n) is 2.35. The fourth-order valence-electron chi connectivity index (χ4n) is 1.61. The average Bonchev–Trinajstić information content (AvgIpc) is 2.45. The van der Waals surface area contributed by atoms with Crippen LogP contribution in [-0.4, -0.2) is 13.1 Å². The highest BCUT2D eigenvalue weighted by Gasteiger charge is 2.01. The van der Waals surface area contributed by atoms with Crippen LogP contribution >= 0.6 is 0 Å². The van der Waals surface area contributed by atoms with E-state index in [9.17, 15) is 0 Å². The third-order valence-corrected chi connectivity index (χ3v) is 2.35. The van der Waals surface area contributed by atoms with Crippen LogP contribution < -0.4 is 5.32 Å². The van der Waals surface area contributed by atoms with Crippen LogP contribution in [0.5, 0.6) is 0 Å². The Morgan fingerprint density at radius 2 is 1.56 bits per heavy atom. The molecule has 0 saturated carbocycles. The molecule has 0 heterocycles. The smallest absolute Gasteiger partial charge is 0.00200 e. The molecule has 1 rings (SSSR count). The zero-order chi connectivity index (χ0) is 14.2. The Morgan fingerprint density at radius 1 is 1.00 bits per heavy atom. The van der Waals surface area contributed by atoms with Gasteiger partial charge in [-0.2, -0.15) is 0 Å². The van der Waals surface area contributed by atoms with Crippen molar-refractivity contribution < 1.29 is 0 Å². The molecule has 1 atom stereocenters. The molecular formula is C17H33N. The van der Waals surface area contributed by atoms with Gasteiger partial charge in [-0.25, -0.2) is 0 Å². The van der Waals surface area contributed by atoms with Gasteiger partial charge in [-0.1, -0.05) is 71.9 Å². The number of rotatable bonds is 6. The molecular weight excluding hydrogens is 218 g/mol. The number of nitrogens with one attached hydrogen (secondary N) is 1. The van der Waals surface area contributed by atoms with E-state index >= 15 is 0 Å². The maximum Gasteiger partial charge on any atom is -0.00200 e. The van der Waals surface area contributed by atoms with Gasteiger partial charge in [0, 0.05) is 0 Å². The first-order chi connectivity index (χ1) is 8.83. The first-order valence-electron chi connectivity index (χ1n) is 7.57. The molecule has 0 fully saturated rings. The van der Waals surface area contributed by atoms with Crippen LogP contribution in [-0.2, 0) is 6.42 Å². The molecule has 1 aromatic rings. The first kappa shape index (κ1) is 19.5. The minimum absolute atomic E-state index is 0.726. The monoisotopic (exact) mass is 251 g/mol. The van der Waals surface area contributed by atoms with Gasteiger partial charge >= 0.3 is 0 Å². The van der Waals surface area contributed by atoms with Crippen molar-refractivity contribution in [1.29, 1.82) is 0 Å². The lowest BCUT2D eigenvalue weighted by Crippen LogP contribution is -2.23. The van der Waals surface area contributed by atoms with Crippen molar-refractivity contribution in [3.05, 3.63) is 35.9 Å². The topological polar surface area (TPSA) is 12.0 Å². The van der Waals surface area contributed by atoms with E-state index in [-0.39, 0.29) is 0 Å². The van der Waals surface area contributed by atoms with E-state index in [1.165, 1.54) is 18.4 Å². The molecule has 0 radical (unpaired) electrons. The van der Waals surface area contributed by atoms with Crippen molar-refractivity contribution in [3.63, 3.8) is 0 Å². The minimum Gasteiger partial charge on any atom is -0.316 e. The van der Waals surface area contributed by atoms with E-state index in [0.29, 0.717) is 0 Å². The van der Waals surface area contributed by atoms with E-state index in [2.05, 4.69) is 49.5 Å². The number of hydrogen-bond acceptors (Lipinski definition) is 1. The lowest BCUT2D eigenvalue weighted by Gasteiger charge is -2.11. The van der Waals surface area contributed by atoms with Crippen LogP contribution in [0.4, 0.5) is 0 Å². The predicted molar refractivity (Wildman–Crippen MR) is 85.2 cm³/mol. The van der Waals surface area contributed by atoms with Crippen LogP contribution in [0, 0.1) is 5.92 Å². The van der Waals surface area contributed by atoms with Crippen molar-refractivity contribution >= 4 is 0 Å². The minimum atomic E-state index is 0.726. The van der Waals surface area contributed by atoms with E-state index in [0.717, 1.165) is 19.0 Å². The van der Waals surface area contributed by atoms with Crippen molar-refractivity contribution in [3.8, 4) is 0 Å². The summed E-state index contributed by atoms with van der Waals surface area (Å²) in [6.45, 7) is 14.8. The van der Waals surface area contributed by atoms with Gasteiger partial charge in [-0.3, -0.25) is 0 Å². The van der Waals surface area contributed by atoms with Crippen molar-refractivity contribution in [1.82, 2.24) is 5.32 Å². The molecule has 1 N–H and O–H groups in total. The molecule has 18 heavy (non-hydrogen) atoms. The molecule has 0 aromatic heterocycles. The van der Waals surface area contributed by atoms with Crippen molar-refractivity contribution in [2.24, 2.45) is 5.92 Å². The fourth-order valence-corrected chi connectivity index (χ4v) is 1.61. The van der Waals surface area contributed by atoms with Gasteiger partial charge in [0.2, 0.25) is 0 Å². The zero-order valence-corrected chi connectivity index (χ0v) is 13.3. The largest absolute Gasteiger partial charge is 0.316 e. The molecule has 1 nitrogen and oxygen atoms in total. The van der Waals surface area contributed by atoms with Crippen LogP contribution in [0.2, 0.25) is 0 Å². The highest BCUT2D eigenvalue weighted by atomic mass is 14.8. The maximum absolute atomic E-state index is 3.46. The van der Waals surface area contributed by atoms with Crippen LogP contribution in [0.1, 0.15) is 53.5 Å². The normalized spacial score (nSPS) is 10.6. The summed E-state index contributed by atoms with van der Waals surface area (Å²) in [5, 5.41) is 3.46. The van der Waals surface area contributed by atoms with E-state index in [1.54, 1.807) is 0 Å². The van der Waals surface area contributed by atoms with Crippen LogP contribution in [0.15, 0.2) is 30.3 Å². The Kier molecular flexibility index (Phi) is 17.5. The molecule has 0 aliphatic rings. The fraction of sp³-hybridized carbons (Fsp3) is 0.647. The Balaban J connectivity index is 0. The molecule has 0 bridgehead atoms. The van der Waals surface area contributed by atoms with Crippen LogP contribution in [0.25, 0.3) is 0 Å². The average molecular weight is 251 g/mol. The molecule has 0 amide bonds.